The van der Waals surface area contributed by atoms with E-state index < -0.39 is 0 Å². The van der Waals surface area contributed by atoms with E-state index in [9.17, 15) is 9.90 Å². The minimum Gasteiger partial charge on any atom is -0.508 e. The number of benzene rings is 1. The molecule has 0 aromatic heterocycles. The van der Waals surface area contributed by atoms with Gasteiger partial charge in [0.2, 0.25) is 0 Å². The first-order valence-corrected chi connectivity index (χ1v) is 4.80. The predicted molar refractivity (Wildman–Crippen MR) is 53.3 cm³/mol. The smallest absolute Gasteiger partial charge is 0.154 e. The van der Waals surface area contributed by atoms with Crippen LogP contribution in [0.5, 0.6) is 5.75 Å². The summed E-state index contributed by atoms with van der Waals surface area (Å²) in [6, 6.07) is 7.07. The van der Waals surface area contributed by atoms with Gasteiger partial charge in [0.25, 0.3) is 0 Å². The van der Waals surface area contributed by atoms with Gasteiger partial charge >= 0.3 is 0 Å². The highest BCUT2D eigenvalue weighted by atomic mass is 16.3. The molecule has 2 N–H and O–H groups in total. The number of rotatable bonds is 1. The predicted octanol–water partition coefficient (Wildman–Crippen LogP) is 1.04. The molecule has 1 aromatic carbocycles. The number of Topliss-reactive ketones (excluding diaryl/α,β-unsaturated/α-hetero) is 1. The Hall–Kier alpha value is -1.35. The van der Waals surface area contributed by atoms with Crippen LogP contribution in [0, 0.1) is 0 Å². The van der Waals surface area contributed by atoms with Crippen molar-refractivity contribution >= 4 is 5.78 Å². The number of ketones is 1. The molecule has 1 aliphatic heterocycles. The lowest BCUT2D eigenvalue weighted by Gasteiger charge is -2.22. The summed E-state index contributed by atoms with van der Waals surface area (Å²) >= 11 is 0. The molecule has 1 atom stereocenters. The van der Waals surface area contributed by atoms with Gasteiger partial charge in [0, 0.05) is 11.5 Å². The van der Waals surface area contributed by atoms with Crippen molar-refractivity contribution < 1.29 is 9.90 Å². The summed E-state index contributed by atoms with van der Waals surface area (Å²) in [5.74, 6) is 0.267. The average molecular weight is 191 g/mol. The van der Waals surface area contributed by atoms with Crippen LogP contribution in [0.1, 0.15) is 17.9 Å². The zero-order chi connectivity index (χ0) is 9.97. The summed E-state index contributed by atoms with van der Waals surface area (Å²) in [7, 11) is 0. The molecule has 0 bridgehead atoms. The van der Waals surface area contributed by atoms with Crippen LogP contribution in [-0.2, 0) is 4.79 Å². The van der Waals surface area contributed by atoms with Gasteiger partial charge in [-0.3, -0.25) is 4.79 Å². The van der Waals surface area contributed by atoms with Gasteiger partial charge in [0.1, 0.15) is 5.75 Å². The number of hydrogen-bond acceptors (Lipinski definition) is 3. The highest BCUT2D eigenvalue weighted by Gasteiger charge is 2.25. The summed E-state index contributed by atoms with van der Waals surface area (Å²) in [4.78, 5) is 11.6. The van der Waals surface area contributed by atoms with E-state index in [2.05, 4.69) is 5.32 Å². The van der Waals surface area contributed by atoms with Crippen molar-refractivity contribution in [3.8, 4) is 5.75 Å². The quantitative estimate of drug-likeness (QED) is 0.697. The molecule has 74 valence electrons. The third kappa shape index (κ3) is 1.63. The first kappa shape index (κ1) is 9.21. The van der Waals surface area contributed by atoms with Crippen LogP contribution in [0.2, 0.25) is 0 Å². The van der Waals surface area contributed by atoms with Crippen LogP contribution in [0.3, 0.4) is 0 Å². The van der Waals surface area contributed by atoms with Crippen LogP contribution in [-0.4, -0.2) is 24.0 Å². The molecule has 0 saturated carbocycles. The summed E-state index contributed by atoms with van der Waals surface area (Å²) < 4.78 is 0. The molecular formula is C11H13NO2. The lowest BCUT2D eigenvalue weighted by atomic mass is 9.88. The second-order valence-electron chi connectivity index (χ2n) is 3.54. The number of aromatic hydroxyl groups is 1. The van der Waals surface area contributed by atoms with Crippen molar-refractivity contribution in [3.05, 3.63) is 29.8 Å². The third-order valence-corrected chi connectivity index (χ3v) is 2.61. The minimum absolute atomic E-state index is 0.127. The van der Waals surface area contributed by atoms with Gasteiger partial charge < -0.3 is 10.4 Å². The summed E-state index contributed by atoms with van der Waals surface area (Å²) in [6.07, 6.45) is 0.774. The van der Waals surface area contributed by atoms with Crippen LogP contribution in [0.25, 0.3) is 0 Å². The molecule has 1 aliphatic rings. The van der Waals surface area contributed by atoms with Crippen molar-refractivity contribution in [1.29, 1.82) is 0 Å². The number of nitrogens with one attached hydrogen (secondary N) is 1. The number of carbonyl (C=O) groups is 1. The van der Waals surface area contributed by atoms with Crippen molar-refractivity contribution in [1.82, 2.24) is 5.32 Å². The lowest BCUT2D eigenvalue weighted by molar-refractivity contribution is -0.120. The third-order valence-electron chi connectivity index (χ3n) is 2.61. The van der Waals surface area contributed by atoms with Crippen molar-refractivity contribution in [2.45, 2.75) is 12.3 Å². The maximum atomic E-state index is 11.6. The molecule has 1 saturated heterocycles. The van der Waals surface area contributed by atoms with Gasteiger partial charge in [0.05, 0.1) is 6.54 Å². The Balaban J connectivity index is 2.29. The second-order valence-corrected chi connectivity index (χ2v) is 3.54. The molecule has 3 heteroatoms. The van der Waals surface area contributed by atoms with Gasteiger partial charge in [-0.25, -0.2) is 0 Å². The zero-order valence-corrected chi connectivity index (χ0v) is 7.86. The first-order chi connectivity index (χ1) is 6.79. The molecule has 0 amide bonds. The largest absolute Gasteiger partial charge is 0.508 e. The normalized spacial score (nSPS) is 22.3. The SMILES string of the molecule is O=C1CNCCC1c1ccccc1O. The van der Waals surface area contributed by atoms with Crippen molar-refractivity contribution in [2.24, 2.45) is 0 Å². The Morgan fingerprint density at radius 3 is 2.86 bits per heavy atom. The second kappa shape index (κ2) is 3.80. The molecule has 0 spiro atoms. The fourth-order valence-corrected chi connectivity index (χ4v) is 1.85. The highest BCUT2D eigenvalue weighted by molar-refractivity contribution is 5.88. The Labute approximate surface area is 82.8 Å². The molecular weight excluding hydrogens is 178 g/mol. The van der Waals surface area contributed by atoms with Crippen molar-refractivity contribution in [3.63, 3.8) is 0 Å². The fraction of sp³-hybridized carbons (Fsp3) is 0.364. The highest BCUT2D eigenvalue weighted by Crippen LogP contribution is 2.29. The Morgan fingerprint density at radius 1 is 1.36 bits per heavy atom. The van der Waals surface area contributed by atoms with Gasteiger partial charge in [-0.2, -0.15) is 0 Å². The Kier molecular flexibility index (Phi) is 2.50. The molecule has 3 nitrogen and oxygen atoms in total. The minimum atomic E-state index is -0.127. The molecule has 1 fully saturated rings. The number of phenolic OH excluding ortho intramolecular Hbond substituents is 1. The monoisotopic (exact) mass is 191 g/mol. The van der Waals surface area contributed by atoms with Crippen LogP contribution in [0.15, 0.2) is 24.3 Å². The number of phenols is 1. The molecule has 14 heavy (non-hydrogen) atoms. The molecule has 0 aliphatic carbocycles. The molecule has 1 unspecified atom stereocenters. The molecule has 1 aromatic rings. The van der Waals surface area contributed by atoms with Gasteiger partial charge in [-0.15, -0.1) is 0 Å². The van der Waals surface area contributed by atoms with E-state index in [-0.39, 0.29) is 17.5 Å². The first-order valence-electron chi connectivity index (χ1n) is 4.80. The molecule has 2 rings (SSSR count). The van der Waals surface area contributed by atoms with Gasteiger partial charge in [0.15, 0.2) is 5.78 Å². The average Bonchev–Trinajstić information content (AvgIpc) is 2.20. The number of para-hydroxylation sites is 1. The fourth-order valence-electron chi connectivity index (χ4n) is 1.85. The van der Waals surface area contributed by atoms with E-state index in [1.165, 1.54) is 0 Å². The zero-order valence-electron chi connectivity index (χ0n) is 7.86. The van der Waals surface area contributed by atoms with E-state index in [4.69, 9.17) is 0 Å². The van der Waals surface area contributed by atoms with E-state index in [1.54, 1.807) is 12.1 Å². The molecule has 0 radical (unpaired) electrons. The van der Waals surface area contributed by atoms with Crippen LogP contribution in [0.4, 0.5) is 0 Å². The number of piperidine rings is 1. The topological polar surface area (TPSA) is 49.3 Å². The molecule has 1 heterocycles. The van der Waals surface area contributed by atoms with E-state index in [0.717, 1.165) is 18.5 Å². The number of hydrogen-bond donors (Lipinski definition) is 2. The lowest BCUT2D eigenvalue weighted by Crippen LogP contribution is -2.35. The summed E-state index contributed by atoms with van der Waals surface area (Å²) in [6.45, 7) is 1.25. The Bertz CT molecular complexity index is 349. The van der Waals surface area contributed by atoms with E-state index in [0.29, 0.717) is 6.54 Å². The standard InChI is InChI=1S/C11H13NO2/c13-10-4-2-1-3-8(10)9-5-6-12-7-11(9)14/h1-4,9,12-13H,5-7H2. The van der Waals surface area contributed by atoms with E-state index >= 15 is 0 Å². The van der Waals surface area contributed by atoms with Crippen LogP contribution >= 0.6 is 0 Å². The van der Waals surface area contributed by atoms with Crippen LogP contribution < -0.4 is 5.32 Å². The Morgan fingerprint density at radius 2 is 2.14 bits per heavy atom. The summed E-state index contributed by atoms with van der Waals surface area (Å²) in [5, 5.41) is 12.6. The summed E-state index contributed by atoms with van der Waals surface area (Å²) in [5.41, 5.74) is 0.763. The van der Waals surface area contributed by atoms with Crippen molar-refractivity contribution in [2.75, 3.05) is 13.1 Å². The van der Waals surface area contributed by atoms with E-state index in [1.807, 2.05) is 12.1 Å². The number of carbonyl (C=O) groups excluding carboxylic acids is 1. The van der Waals surface area contributed by atoms with Gasteiger partial charge in [-0.05, 0) is 19.0 Å². The maximum absolute atomic E-state index is 11.6. The maximum Gasteiger partial charge on any atom is 0.154 e. The van der Waals surface area contributed by atoms with Gasteiger partial charge in [-0.1, -0.05) is 18.2 Å².